The lowest BCUT2D eigenvalue weighted by Crippen LogP contribution is -2.35. The van der Waals surface area contributed by atoms with Gasteiger partial charge in [-0.05, 0) is 49.6 Å². The number of piperidine rings is 1. The molecule has 2 aromatic carbocycles. The van der Waals surface area contributed by atoms with Crippen LogP contribution < -0.4 is 10.1 Å². The Bertz CT molecular complexity index is 1200. The SMILES string of the molecule is Cc1ccc(OCc2nc(CC(=O)NCc3ccc(S(=O)(=O)N4CCCCC4)cc3)cs2)cc1. The van der Waals surface area contributed by atoms with Crippen LogP contribution in [0.1, 0.15) is 41.1 Å². The van der Waals surface area contributed by atoms with Gasteiger partial charge < -0.3 is 10.1 Å². The Morgan fingerprint density at radius 1 is 1.06 bits per heavy atom. The summed E-state index contributed by atoms with van der Waals surface area (Å²) in [4.78, 5) is 17.1. The van der Waals surface area contributed by atoms with Crippen LogP contribution in [0.5, 0.6) is 5.75 Å². The lowest BCUT2D eigenvalue weighted by atomic mass is 10.2. The van der Waals surface area contributed by atoms with Crippen molar-refractivity contribution in [2.24, 2.45) is 0 Å². The third-order valence-corrected chi connectivity index (χ3v) is 8.47. The monoisotopic (exact) mass is 499 g/mol. The quantitative estimate of drug-likeness (QED) is 0.480. The van der Waals surface area contributed by atoms with E-state index in [9.17, 15) is 13.2 Å². The van der Waals surface area contributed by atoms with Gasteiger partial charge >= 0.3 is 0 Å². The molecule has 1 aromatic heterocycles. The number of aromatic nitrogens is 1. The number of hydrogen-bond donors (Lipinski definition) is 1. The average Bonchev–Trinajstić information content (AvgIpc) is 3.30. The number of thiazole rings is 1. The van der Waals surface area contributed by atoms with Crippen molar-refractivity contribution in [3.05, 3.63) is 75.7 Å². The van der Waals surface area contributed by atoms with Gasteiger partial charge in [-0.15, -0.1) is 11.3 Å². The number of sulfonamides is 1. The third-order valence-electron chi connectivity index (χ3n) is 5.69. The molecule has 0 aliphatic carbocycles. The van der Waals surface area contributed by atoms with Gasteiger partial charge in [0, 0.05) is 25.0 Å². The van der Waals surface area contributed by atoms with Crippen molar-refractivity contribution in [2.45, 2.75) is 50.7 Å². The molecule has 0 saturated carbocycles. The normalized spacial score (nSPS) is 14.6. The Morgan fingerprint density at radius 2 is 1.76 bits per heavy atom. The number of aryl methyl sites for hydroxylation is 1. The van der Waals surface area contributed by atoms with Gasteiger partial charge in [0.2, 0.25) is 15.9 Å². The molecule has 1 fully saturated rings. The van der Waals surface area contributed by atoms with Crippen LogP contribution in [-0.4, -0.2) is 36.7 Å². The molecule has 2 heterocycles. The van der Waals surface area contributed by atoms with E-state index in [0.29, 0.717) is 36.8 Å². The Kier molecular flexibility index (Phi) is 7.97. The predicted molar refractivity (Wildman–Crippen MR) is 132 cm³/mol. The minimum Gasteiger partial charge on any atom is -0.486 e. The van der Waals surface area contributed by atoms with E-state index in [2.05, 4.69) is 10.3 Å². The van der Waals surface area contributed by atoms with Gasteiger partial charge in [0.05, 0.1) is 17.0 Å². The van der Waals surface area contributed by atoms with Crippen LogP contribution in [-0.2, 0) is 34.4 Å². The maximum absolute atomic E-state index is 12.8. The number of carbonyl (C=O) groups is 1. The van der Waals surface area contributed by atoms with Crippen LogP contribution in [0.25, 0.3) is 0 Å². The smallest absolute Gasteiger partial charge is 0.243 e. The van der Waals surface area contributed by atoms with Crippen molar-refractivity contribution in [1.29, 1.82) is 0 Å². The summed E-state index contributed by atoms with van der Waals surface area (Å²) in [7, 11) is -3.44. The molecule has 34 heavy (non-hydrogen) atoms. The van der Waals surface area contributed by atoms with Gasteiger partial charge in [-0.3, -0.25) is 4.79 Å². The zero-order valence-corrected chi connectivity index (χ0v) is 20.8. The van der Waals surface area contributed by atoms with Crippen molar-refractivity contribution in [3.8, 4) is 5.75 Å². The number of hydrogen-bond acceptors (Lipinski definition) is 6. The van der Waals surface area contributed by atoms with E-state index in [1.54, 1.807) is 28.6 Å². The van der Waals surface area contributed by atoms with Crippen molar-refractivity contribution in [2.75, 3.05) is 13.1 Å². The molecule has 1 aliphatic rings. The first-order chi connectivity index (χ1) is 16.4. The minimum absolute atomic E-state index is 0.138. The van der Waals surface area contributed by atoms with E-state index in [0.717, 1.165) is 35.6 Å². The highest BCUT2D eigenvalue weighted by atomic mass is 32.2. The van der Waals surface area contributed by atoms with E-state index in [-0.39, 0.29) is 12.3 Å². The molecule has 0 atom stereocenters. The van der Waals surface area contributed by atoms with Gasteiger partial charge in [-0.1, -0.05) is 36.2 Å². The first-order valence-corrected chi connectivity index (χ1v) is 13.7. The Labute approximate surface area is 204 Å². The highest BCUT2D eigenvalue weighted by Crippen LogP contribution is 2.21. The second-order valence-corrected chi connectivity index (χ2v) is 11.3. The number of nitrogens with zero attached hydrogens (tertiary/aromatic N) is 2. The number of amides is 1. The van der Waals surface area contributed by atoms with Crippen LogP contribution >= 0.6 is 11.3 Å². The van der Waals surface area contributed by atoms with E-state index < -0.39 is 10.0 Å². The van der Waals surface area contributed by atoms with Gasteiger partial charge in [-0.2, -0.15) is 4.31 Å². The third kappa shape index (κ3) is 6.43. The second-order valence-electron chi connectivity index (χ2n) is 8.40. The molecular weight excluding hydrogens is 470 g/mol. The number of nitrogens with one attached hydrogen (secondary N) is 1. The number of carbonyl (C=O) groups excluding carboxylic acids is 1. The molecule has 180 valence electrons. The molecule has 3 aromatic rings. The summed E-state index contributed by atoms with van der Waals surface area (Å²) in [5.41, 5.74) is 2.72. The second kappa shape index (κ2) is 11.1. The van der Waals surface area contributed by atoms with E-state index in [1.165, 1.54) is 16.9 Å². The molecular formula is C25H29N3O4S2. The molecule has 1 saturated heterocycles. The first-order valence-electron chi connectivity index (χ1n) is 11.4. The summed E-state index contributed by atoms with van der Waals surface area (Å²) in [5.74, 6) is 0.649. The molecule has 0 spiro atoms. The maximum atomic E-state index is 12.8. The molecule has 1 N–H and O–H groups in total. The number of ether oxygens (including phenoxy) is 1. The summed E-state index contributed by atoms with van der Waals surface area (Å²) in [6, 6.07) is 14.6. The highest BCUT2D eigenvalue weighted by Gasteiger charge is 2.25. The summed E-state index contributed by atoms with van der Waals surface area (Å²) in [6.07, 6.45) is 3.07. The molecule has 0 bridgehead atoms. The predicted octanol–water partition coefficient (Wildman–Crippen LogP) is 4.06. The molecule has 0 radical (unpaired) electrons. The summed E-state index contributed by atoms with van der Waals surface area (Å²) >= 11 is 1.47. The fraction of sp³-hybridized carbons (Fsp3) is 0.360. The topological polar surface area (TPSA) is 88.6 Å². The van der Waals surface area contributed by atoms with Crippen molar-refractivity contribution in [3.63, 3.8) is 0 Å². The Morgan fingerprint density at radius 3 is 2.47 bits per heavy atom. The van der Waals surface area contributed by atoms with Gasteiger partial charge in [0.15, 0.2) is 0 Å². The molecule has 4 rings (SSSR count). The van der Waals surface area contributed by atoms with Gasteiger partial charge in [-0.25, -0.2) is 13.4 Å². The lowest BCUT2D eigenvalue weighted by Gasteiger charge is -2.25. The lowest BCUT2D eigenvalue weighted by molar-refractivity contribution is -0.120. The fourth-order valence-corrected chi connectivity index (χ4v) is 5.96. The average molecular weight is 500 g/mol. The summed E-state index contributed by atoms with van der Waals surface area (Å²) in [5, 5.41) is 5.56. The molecule has 1 aliphatic heterocycles. The van der Waals surface area contributed by atoms with Crippen LogP contribution in [0.15, 0.2) is 58.8 Å². The maximum Gasteiger partial charge on any atom is 0.243 e. The van der Waals surface area contributed by atoms with E-state index >= 15 is 0 Å². The zero-order valence-electron chi connectivity index (χ0n) is 19.2. The van der Waals surface area contributed by atoms with Crippen LogP contribution in [0, 0.1) is 6.92 Å². The standard InChI is InChI=1S/C25H29N3O4S2/c1-19-5-9-22(10-6-19)32-17-25-27-21(18-33-25)15-24(29)26-16-20-7-11-23(12-8-20)34(30,31)28-13-3-2-4-14-28/h5-12,18H,2-4,13-17H2,1H3,(H,26,29). The van der Waals surface area contributed by atoms with Gasteiger partial charge in [0.25, 0.3) is 0 Å². The molecule has 1 amide bonds. The first kappa shape index (κ1) is 24.4. The number of rotatable bonds is 9. The fourth-order valence-electron chi connectivity index (χ4n) is 3.74. The summed E-state index contributed by atoms with van der Waals surface area (Å²) in [6.45, 7) is 3.88. The van der Waals surface area contributed by atoms with Gasteiger partial charge in [0.1, 0.15) is 17.4 Å². The zero-order chi connectivity index (χ0) is 24.0. The van der Waals surface area contributed by atoms with Crippen molar-refractivity contribution >= 4 is 27.3 Å². The summed E-state index contributed by atoms with van der Waals surface area (Å²) < 4.78 is 32.8. The Balaban J connectivity index is 1.24. The largest absolute Gasteiger partial charge is 0.486 e. The van der Waals surface area contributed by atoms with Crippen molar-refractivity contribution in [1.82, 2.24) is 14.6 Å². The van der Waals surface area contributed by atoms with Crippen LogP contribution in [0.3, 0.4) is 0 Å². The van der Waals surface area contributed by atoms with Crippen LogP contribution in [0.2, 0.25) is 0 Å². The number of benzene rings is 2. The van der Waals surface area contributed by atoms with E-state index in [4.69, 9.17) is 4.74 Å². The minimum atomic E-state index is -3.44. The van der Waals surface area contributed by atoms with E-state index in [1.807, 2.05) is 36.6 Å². The van der Waals surface area contributed by atoms with Crippen molar-refractivity contribution < 1.29 is 17.9 Å². The molecule has 7 nitrogen and oxygen atoms in total. The molecule has 9 heteroatoms. The Hall–Kier alpha value is -2.75. The van der Waals surface area contributed by atoms with Crippen LogP contribution in [0.4, 0.5) is 0 Å². The highest BCUT2D eigenvalue weighted by molar-refractivity contribution is 7.89. The molecule has 0 unspecified atom stereocenters.